The van der Waals surface area contributed by atoms with Crippen LogP contribution in [0.25, 0.3) is 0 Å². The van der Waals surface area contributed by atoms with Crippen molar-refractivity contribution >= 4 is 17.3 Å². The van der Waals surface area contributed by atoms with Gasteiger partial charge in [0.2, 0.25) is 0 Å². The number of nitro groups is 1. The molecule has 1 aromatic carbocycles. The lowest BCUT2D eigenvalue weighted by Crippen LogP contribution is -2.41. The number of nitrogens with zero attached hydrogens (tertiary/aromatic N) is 2. The summed E-state index contributed by atoms with van der Waals surface area (Å²) in [5.41, 5.74) is 5.21. The third kappa shape index (κ3) is 2.48. The minimum Gasteiger partial charge on any atom is -0.322 e. The van der Waals surface area contributed by atoms with Crippen molar-refractivity contribution in [2.24, 2.45) is 11.6 Å². The highest BCUT2D eigenvalue weighted by Gasteiger charge is 2.13. The fourth-order valence-electron chi connectivity index (χ4n) is 0.999. The minimum atomic E-state index is -0.565. The molecule has 0 aliphatic carbocycles. The van der Waals surface area contributed by atoms with Gasteiger partial charge in [0, 0.05) is 12.1 Å². The maximum absolute atomic E-state index is 11.1. The molecule has 0 heterocycles. The summed E-state index contributed by atoms with van der Waals surface area (Å²) < 4.78 is 0. The maximum atomic E-state index is 11.1. The number of nitrogens with two attached hydrogens (primary N) is 2. The first-order valence-electron chi connectivity index (χ1n) is 4.08. The van der Waals surface area contributed by atoms with Gasteiger partial charge in [-0.1, -0.05) is 6.07 Å². The number of carbonyl (C=O) groups is 1. The van der Waals surface area contributed by atoms with Gasteiger partial charge in [0.1, 0.15) is 0 Å². The van der Waals surface area contributed by atoms with Crippen molar-refractivity contribution in [3.63, 3.8) is 0 Å². The van der Waals surface area contributed by atoms with Gasteiger partial charge in [-0.15, -0.1) is 0 Å². The molecular weight excluding hydrogens is 200 g/mol. The van der Waals surface area contributed by atoms with Crippen molar-refractivity contribution < 1.29 is 9.72 Å². The molecule has 1 amide bonds. The topological polar surface area (TPSA) is 115 Å². The average Bonchev–Trinajstić information content (AvgIpc) is 2.27. The molecule has 7 heteroatoms. The molecule has 7 nitrogen and oxygen atoms in total. The number of anilines is 1. The Morgan fingerprint density at radius 1 is 1.53 bits per heavy atom. The van der Waals surface area contributed by atoms with Crippen LogP contribution in [0.2, 0.25) is 0 Å². The molecule has 0 aliphatic rings. The Balaban J connectivity index is 3.00. The van der Waals surface area contributed by atoms with Crippen molar-refractivity contribution in [1.29, 1.82) is 0 Å². The van der Waals surface area contributed by atoms with E-state index in [1.807, 2.05) is 0 Å². The molecule has 0 unspecified atom stereocenters. The van der Waals surface area contributed by atoms with Gasteiger partial charge in [-0.2, -0.15) is 0 Å². The van der Waals surface area contributed by atoms with Crippen LogP contribution in [0.15, 0.2) is 24.3 Å². The van der Waals surface area contributed by atoms with E-state index < -0.39 is 10.8 Å². The van der Waals surface area contributed by atoms with Crippen LogP contribution in [0.5, 0.6) is 0 Å². The standard InChI is InChI=1S/C8H10N4O3/c9-5-8(13)11(10)6-2-1-3-7(4-6)12(14)15/h1-4H,5,9-10H2. The number of hydrogen-bond donors (Lipinski definition) is 2. The molecule has 4 N–H and O–H groups in total. The third-order valence-corrected chi connectivity index (χ3v) is 1.76. The summed E-state index contributed by atoms with van der Waals surface area (Å²) in [5.74, 6) is 4.88. The summed E-state index contributed by atoms with van der Waals surface area (Å²) in [4.78, 5) is 21.0. The Bertz CT molecular complexity index is 393. The van der Waals surface area contributed by atoms with E-state index >= 15 is 0 Å². The molecular formula is C8H10N4O3. The smallest absolute Gasteiger partial charge is 0.271 e. The van der Waals surface area contributed by atoms with Crippen LogP contribution >= 0.6 is 0 Å². The van der Waals surface area contributed by atoms with Gasteiger partial charge < -0.3 is 5.73 Å². The molecule has 0 spiro atoms. The quantitative estimate of drug-likeness (QED) is 0.309. The number of rotatable bonds is 3. The largest absolute Gasteiger partial charge is 0.322 e. The highest BCUT2D eigenvalue weighted by molar-refractivity contribution is 5.93. The van der Waals surface area contributed by atoms with E-state index in [1.54, 1.807) is 0 Å². The second-order valence-corrected chi connectivity index (χ2v) is 2.74. The molecule has 0 atom stereocenters. The molecule has 15 heavy (non-hydrogen) atoms. The zero-order valence-corrected chi connectivity index (χ0v) is 7.79. The molecule has 1 rings (SSSR count). The fourth-order valence-corrected chi connectivity index (χ4v) is 0.999. The Morgan fingerprint density at radius 2 is 2.20 bits per heavy atom. The molecule has 0 saturated heterocycles. The molecule has 0 aliphatic heterocycles. The predicted molar refractivity (Wildman–Crippen MR) is 53.8 cm³/mol. The Labute approximate surface area is 85.4 Å². The van der Waals surface area contributed by atoms with Gasteiger partial charge in [0.05, 0.1) is 17.2 Å². The van der Waals surface area contributed by atoms with Crippen molar-refractivity contribution in [2.45, 2.75) is 0 Å². The molecule has 0 aromatic heterocycles. The Kier molecular flexibility index (Phi) is 3.32. The van der Waals surface area contributed by atoms with Gasteiger partial charge in [-0.05, 0) is 6.07 Å². The van der Waals surface area contributed by atoms with Crippen LogP contribution in [0.1, 0.15) is 0 Å². The maximum Gasteiger partial charge on any atom is 0.271 e. The molecule has 1 aromatic rings. The van der Waals surface area contributed by atoms with Gasteiger partial charge in [-0.3, -0.25) is 14.9 Å². The molecule has 0 bridgehead atoms. The number of nitro benzene ring substituents is 1. The van der Waals surface area contributed by atoms with Crippen LogP contribution in [-0.2, 0) is 4.79 Å². The summed E-state index contributed by atoms with van der Waals surface area (Å²) in [6.45, 7) is -0.251. The predicted octanol–water partition coefficient (Wildman–Crippen LogP) is -0.240. The third-order valence-electron chi connectivity index (χ3n) is 1.76. The molecule has 0 saturated carbocycles. The number of amides is 1. The van der Waals surface area contributed by atoms with Crippen LogP contribution in [0.3, 0.4) is 0 Å². The lowest BCUT2D eigenvalue weighted by Gasteiger charge is -2.14. The second kappa shape index (κ2) is 4.49. The summed E-state index contributed by atoms with van der Waals surface area (Å²) >= 11 is 0. The van der Waals surface area contributed by atoms with E-state index in [0.717, 1.165) is 5.01 Å². The summed E-state index contributed by atoms with van der Waals surface area (Å²) in [6, 6.07) is 5.44. The van der Waals surface area contributed by atoms with Crippen LogP contribution in [0.4, 0.5) is 11.4 Å². The molecule has 0 fully saturated rings. The zero-order chi connectivity index (χ0) is 11.4. The summed E-state index contributed by atoms with van der Waals surface area (Å²) in [6.07, 6.45) is 0. The molecule has 0 radical (unpaired) electrons. The van der Waals surface area contributed by atoms with Gasteiger partial charge in [0.15, 0.2) is 0 Å². The lowest BCUT2D eigenvalue weighted by atomic mass is 10.2. The fraction of sp³-hybridized carbons (Fsp3) is 0.125. The monoisotopic (exact) mass is 210 g/mol. The zero-order valence-electron chi connectivity index (χ0n) is 7.79. The van der Waals surface area contributed by atoms with Crippen LogP contribution in [0, 0.1) is 10.1 Å². The van der Waals surface area contributed by atoms with Gasteiger partial charge >= 0.3 is 0 Å². The van der Waals surface area contributed by atoms with Gasteiger partial charge in [0.25, 0.3) is 11.6 Å². The first-order chi connectivity index (χ1) is 7.06. The van der Waals surface area contributed by atoms with E-state index in [1.165, 1.54) is 24.3 Å². The highest BCUT2D eigenvalue weighted by atomic mass is 16.6. The SMILES string of the molecule is NCC(=O)N(N)c1cccc([N+](=O)[O-])c1. The molecule has 80 valence electrons. The van der Waals surface area contributed by atoms with Crippen molar-refractivity contribution in [3.8, 4) is 0 Å². The number of hydrazine groups is 1. The normalized spacial score (nSPS) is 9.73. The van der Waals surface area contributed by atoms with Gasteiger partial charge in [-0.25, -0.2) is 10.9 Å². The summed E-state index contributed by atoms with van der Waals surface area (Å²) in [7, 11) is 0. The lowest BCUT2D eigenvalue weighted by molar-refractivity contribution is -0.384. The van der Waals surface area contributed by atoms with E-state index in [0.29, 0.717) is 0 Å². The highest BCUT2D eigenvalue weighted by Crippen LogP contribution is 2.18. The first kappa shape index (κ1) is 11.1. The summed E-state index contributed by atoms with van der Waals surface area (Å²) in [5, 5.41) is 11.2. The number of non-ortho nitro benzene ring substituents is 1. The first-order valence-corrected chi connectivity index (χ1v) is 4.08. The van der Waals surface area contributed by atoms with Crippen LogP contribution < -0.4 is 16.6 Å². The minimum absolute atomic E-state index is 0.132. The average molecular weight is 210 g/mol. The Hall–Kier alpha value is -1.99. The number of hydrogen-bond acceptors (Lipinski definition) is 5. The van der Waals surface area contributed by atoms with E-state index in [-0.39, 0.29) is 17.9 Å². The van der Waals surface area contributed by atoms with E-state index in [9.17, 15) is 14.9 Å². The van der Waals surface area contributed by atoms with Crippen molar-refractivity contribution in [2.75, 3.05) is 11.6 Å². The Morgan fingerprint density at radius 3 is 2.73 bits per heavy atom. The van der Waals surface area contributed by atoms with Crippen LogP contribution in [-0.4, -0.2) is 17.4 Å². The second-order valence-electron chi connectivity index (χ2n) is 2.74. The number of carbonyl (C=O) groups excluding carboxylic acids is 1. The number of benzene rings is 1. The van der Waals surface area contributed by atoms with E-state index in [4.69, 9.17) is 11.6 Å². The van der Waals surface area contributed by atoms with E-state index in [2.05, 4.69) is 0 Å². The van der Waals surface area contributed by atoms with Crippen molar-refractivity contribution in [1.82, 2.24) is 0 Å². The van der Waals surface area contributed by atoms with Crippen molar-refractivity contribution in [3.05, 3.63) is 34.4 Å².